The fraction of sp³-hybridized carbons (Fsp3) is 1.00. The van der Waals surface area contributed by atoms with Gasteiger partial charge in [-0.15, -0.1) is 0 Å². The molecule has 0 atom stereocenters. The number of hydrogen-bond donors (Lipinski definition) is 2. The molecule has 0 aromatic rings. The van der Waals surface area contributed by atoms with E-state index in [1.165, 1.54) is 116 Å². The highest BCUT2D eigenvalue weighted by molar-refractivity contribution is 4.47. The molecule has 4 nitrogen and oxygen atoms in total. The standard InChI is InChI=1S/2C14H32NO.BrH.ClH/c2*1-4-5-6-7-8-9-10-11-12-15(2,3)13-14-16;;/h2*16H,4-14H2,1-3H3;2*1H/q2*+1;;/p-2. The molecule has 2 N–H and O–H groups in total. The molecule has 0 amide bonds. The summed E-state index contributed by atoms with van der Waals surface area (Å²) < 4.78 is 1.93. The zero-order valence-electron chi connectivity index (χ0n) is 24.1. The summed E-state index contributed by atoms with van der Waals surface area (Å²) in [6, 6.07) is 0. The van der Waals surface area contributed by atoms with Gasteiger partial charge >= 0.3 is 0 Å². The zero-order chi connectivity index (χ0) is 24.6. The normalized spacial score (nSPS) is 11.3. The summed E-state index contributed by atoms with van der Waals surface area (Å²) in [6.45, 7) is 9.33. The summed E-state index contributed by atoms with van der Waals surface area (Å²) in [7, 11) is 8.82. The lowest BCUT2D eigenvalue weighted by Crippen LogP contribution is -3.00. The second-order valence-electron chi connectivity index (χ2n) is 11.2. The molecule has 0 spiro atoms. The van der Waals surface area contributed by atoms with Crippen molar-refractivity contribution in [3.05, 3.63) is 0 Å². The molecule has 0 aliphatic rings. The lowest BCUT2D eigenvalue weighted by molar-refractivity contribution is -0.890. The molecule has 0 aromatic carbocycles. The van der Waals surface area contributed by atoms with Crippen LogP contribution < -0.4 is 29.4 Å². The highest BCUT2D eigenvalue weighted by Crippen LogP contribution is 2.11. The van der Waals surface area contributed by atoms with Crippen LogP contribution in [0, 0.1) is 0 Å². The number of rotatable bonds is 22. The molecule has 0 radical (unpaired) electrons. The van der Waals surface area contributed by atoms with Crippen molar-refractivity contribution in [3.8, 4) is 0 Å². The first-order chi connectivity index (χ1) is 15.2. The van der Waals surface area contributed by atoms with Crippen molar-refractivity contribution in [3.63, 3.8) is 0 Å². The minimum absolute atomic E-state index is 0. The van der Waals surface area contributed by atoms with Crippen LogP contribution in [-0.2, 0) is 0 Å². The molecular weight excluding hydrogens is 512 g/mol. The molecule has 0 aromatic heterocycles. The molecule has 0 heterocycles. The van der Waals surface area contributed by atoms with E-state index in [1.807, 2.05) is 0 Å². The summed E-state index contributed by atoms with van der Waals surface area (Å²) in [4.78, 5) is 0. The maximum Gasteiger partial charge on any atom is 0.102 e. The lowest BCUT2D eigenvalue weighted by atomic mass is 10.1. The smallest absolute Gasteiger partial charge is 0.102 e. The van der Waals surface area contributed by atoms with Crippen molar-refractivity contribution in [1.29, 1.82) is 0 Å². The van der Waals surface area contributed by atoms with E-state index >= 15 is 0 Å². The Kier molecular flexibility index (Phi) is 36.6. The number of halogens is 2. The summed E-state index contributed by atoms with van der Waals surface area (Å²) >= 11 is 0. The number of nitrogens with zero attached hydrogens (tertiary/aromatic N) is 2. The van der Waals surface area contributed by atoms with Gasteiger partial charge in [-0.05, 0) is 25.7 Å². The molecule has 0 saturated carbocycles. The average molecular weight is 576 g/mol. The van der Waals surface area contributed by atoms with Gasteiger partial charge in [-0.3, -0.25) is 0 Å². The molecule has 0 rings (SSSR count). The van der Waals surface area contributed by atoms with Crippen molar-refractivity contribution in [2.45, 2.75) is 117 Å². The maximum atomic E-state index is 8.91. The van der Waals surface area contributed by atoms with Crippen LogP contribution in [0.5, 0.6) is 0 Å². The minimum atomic E-state index is 0. The van der Waals surface area contributed by atoms with Crippen molar-refractivity contribution in [2.24, 2.45) is 0 Å². The molecule has 212 valence electrons. The maximum absolute atomic E-state index is 8.91. The summed E-state index contributed by atoms with van der Waals surface area (Å²) in [5.74, 6) is 0. The Morgan fingerprint density at radius 3 is 0.882 bits per heavy atom. The quantitative estimate of drug-likeness (QED) is 0.145. The Bertz CT molecular complexity index is 338. The van der Waals surface area contributed by atoms with Crippen LogP contribution >= 0.6 is 0 Å². The zero-order valence-corrected chi connectivity index (χ0v) is 26.4. The monoisotopic (exact) mass is 574 g/mol. The van der Waals surface area contributed by atoms with E-state index in [0.717, 1.165) is 22.1 Å². The second kappa shape index (κ2) is 29.8. The molecule has 0 fully saturated rings. The molecule has 0 saturated heterocycles. The number of aliphatic hydroxyl groups excluding tert-OH is 2. The third-order valence-electron chi connectivity index (χ3n) is 6.64. The van der Waals surface area contributed by atoms with E-state index in [-0.39, 0.29) is 29.4 Å². The fourth-order valence-corrected chi connectivity index (χ4v) is 4.11. The van der Waals surface area contributed by atoms with Gasteiger partial charge in [0.2, 0.25) is 0 Å². The first-order valence-electron chi connectivity index (χ1n) is 14.1. The van der Waals surface area contributed by atoms with Gasteiger partial charge in [-0.2, -0.15) is 0 Å². The Hall–Kier alpha value is 0.610. The van der Waals surface area contributed by atoms with Crippen molar-refractivity contribution < 1.29 is 48.6 Å². The SMILES string of the molecule is CCCCCCCCCC[N+](C)(C)CCO.CCCCCCCCCC[N+](C)(C)CCO.[Br-].[Cl-]. The molecule has 34 heavy (non-hydrogen) atoms. The number of unbranched alkanes of at least 4 members (excludes halogenated alkanes) is 14. The number of hydrogen-bond acceptors (Lipinski definition) is 2. The van der Waals surface area contributed by atoms with Gasteiger partial charge < -0.3 is 48.6 Å². The van der Waals surface area contributed by atoms with Crippen LogP contribution in [0.25, 0.3) is 0 Å². The van der Waals surface area contributed by atoms with Crippen molar-refractivity contribution in [2.75, 3.05) is 67.6 Å². The Morgan fingerprint density at radius 1 is 0.412 bits per heavy atom. The first kappa shape index (κ1) is 41.7. The predicted molar refractivity (Wildman–Crippen MR) is 143 cm³/mol. The van der Waals surface area contributed by atoms with Crippen LogP contribution in [0.4, 0.5) is 0 Å². The van der Waals surface area contributed by atoms with Gasteiger partial charge in [-0.25, -0.2) is 0 Å². The Morgan fingerprint density at radius 2 is 0.647 bits per heavy atom. The molecular formula is C28H64BrClN2O2. The van der Waals surface area contributed by atoms with E-state index in [2.05, 4.69) is 42.0 Å². The van der Waals surface area contributed by atoms with Gasteiger partial charge in [0.25, 0.3) is 0 Å². The van der Waals surface area contributed by atoms with E-state index < -0.39 is 0 Å². The van der Waals surface area contributed by atoms with E-state index in [1.54, 1.807) is 0 Å². The summed E-state index contributed by atoms with van der Waals surface area (Å²) in [5, 5.41) is 17.8. The van der Waals surface area contributed by atoms with Crippen LogP contribution in [0.3, 0.4) is 0 Å². The number of likely N-dealkylation sites (N-methyl/N-ethyl adjacent to an activating group) is 2. The Labute approximate surface area is 232 Å². The van der Waals surface area contributed by atoms with Crippen LogP contribution in [0.1, 0.15) is 117 Å². The lowest BCUT2D eigenvalue weighted by Gasteiger charge is -2.28. The summed E-state index contributed by atoms with van der Waals surface area (Å²) in [6.07, 6.45) is 22.1. The first-order valence-corrected chi connectivity index (χ1v) is 14.1. The average Bonchev–Trinajstić information content (AvgIpc) is 2.72. The highest BCUT2D eigenvalue weighted by Gasteiger charge is 2.13. The van der Waals surface area contributed by atoms with Crippen LogP contribution in [0.2, 0.25) is 0 Å². The van der Waals surface area contributed by atoms with Gasteiger partial charge in [-0.1, -0.05) is 90.9 Å². The van der Waals surface area contributed by atoms with E-state index in [0.29, 0.717) is 13.2 Å². The molecule has 0 aliphatic carbocycles. The van der Waals surface area contributed by atoms with E-state index in [9.17, 15) is 0 Å². The third-order valence-corrected chi connectivity index (χ3v) is 6.64. The summed E-state index contributed by atoms with van der Waals surface area (Å²) in [5.41, 5.74) is 0. The van der Waals surface area contributed by atoms with Gasteiger partial charge in [0.05, 0.1) is 54.5 Å². The molecule has 0 bridgehead atoms. The predicted octanol–water partition coefficient (Wildman–Crippen LogP) is 0.400. The van der Waals surface area contributed by atoms with Crippen molar-refractivity contribution in [1.82, 2.24) is 0 Å². The number of quaternary nitrogens is 2. The Balaban J connectivity index is -0.000000250. The second-order valence-corrected chi connectivity index (χ2v) is 11.2. The molecule has 6 heteroatoms. The van der Waals surface area contributed by atoms with Crippen LogP contribution in [0.15, 0.2) is 0 Å². The fourth-order valence-electron chi connectivity index (χ4n) is 4.11. The largest absolute Gasteiger partial charge is 1.00 e. The van der Waals surface area contributed by atoms with E-state index in [4.69, 9.17) is 10.2 Å². The van der Waals surface area contributed by atoms with Crippen LogP contribution in [-0.4, -0.2) is 86.8 Å². The van der Waals surface area contributed by atoms with Gasteiger partial charge in [0.1, 0.15) is 13.1 Å². The minimum Gasteiger partial charge on any atom is -1.00 e. The topological polar surface area (TPSA) is 40.5 Å². The van der Waals surface area contributed by atoms with Gasteiger partial charge in [0.15, 0.2) is 0 Å². The third kappa shape index (κ3) is 34.8. The molecule has 0 aliphatic heterocycles. The molecule has 0 unspecified atom stereocenters. The highest BCUT2D eigenvalue weighted by atomic mass is 79.9. The van der Waals surface area contributed by atoms with Gasteiger partial charge in [0, 0.05) is 0 Å². The van der Waals surface area contributed by atoms with Crippen molar-refractivity contribution >= 4 is 0 Å². The number of aliphatic hydroxyl groups is 2.